The van der Waals surface area contributed by atoms with Crippen molar-refractivity contribution in [3.8, 4) is 5.75 Å². The molecule has 2 aromatic carbocycles. The van der Waals surface area contributed by atoms with Gasteiger partial charge in [-0.3, -0.25) is 25.8 Å². The molecule has 0 spiro atoms. The van der Waals surface area contributed by atoms with Crippen LogP contribution in [0.3, 0.4) is 0 Å². The molecule has 0 saturated carbocycles. The van der Waals surface area contributed by atoms with Gasteiger partial charge < -0.3 is 10.1 Å². The summed E-state index contributed by atoms with van der Waals surface area (Å²) in [5.74, 6) is -0.322. The lowest BCUT2D eigenvalue weighted by Gasteiger charge is -2.12. The lowest BCUT2D eigenvalue weighted by atomic mass is 10.1. The topological polar surface area (TPSA) is 131 Å². The van der Waals surface area contributed by atoms with E-state index in [1.54, 1.807) is 24.3 Å². The van der Waals surface area contributed by atoms with Crippen molar-refractivity contribution in [3.63, 3.8) is 0 Å². The number of hydrogen-bond acceptors (Lipinski definition) is 8. The number of rotatable bonds is 10. The smallest absolute Gasteiger partial charge is 0.355 e. The van der Waals surface area contributed by atoms with E-state index in [9.17, 15) is 14.9 Å². The van der Waals surface area contributed by atoms with Gasteiger partial charge in [0.25, 0.3) is 5.91 Å². The van der Waals surface area contributed by atoms with Crippen LogP contribution in [0.25, 0.3) is 0 Å². The number of hydrazine groups is 1. The van der Waals surface area contributed by atoms with Crippen molar-refractivity contribution in [2.24, 2.45) is 0 Å². The summed E-state index contributed by atoms with van der Waals surface area (Å²) in [7, 11) is 1.45. The van der Waals surface area contributed by atoms with Gasteiger partial charge in [0.2, 0.25) is 11.6 Å². The number of para-hydroxylation sites is 1. The fourth-order valence-electron chi connectivity index (χ4n) is 3.02. The molecule has 1 amide bonds. The van der Waals surface area contributed by atoms with Crippen LogP contribution in [0.2, 0.25) is 0 Å². The van der Waals surface area contributed by atoms with Gasteiger partial charge in [-0.1, -0.05) is 37.6 Å². The van der Waals surface area contributed by atoms with Gasteiger partial charge in [0, 0.05) is 5.69 Å². The van der Waals surface area contributed by atoms with Gasteiger partial charge in [-0.2, -0.15) is 0 Å². The molecule has 3 N–H and O–H groups in total. The van der Waals surface area contributed by atoms with Crippen LogP contribution in [0.1, 0.15) is 35.7 Å². The first kappa shape index (κ1) is 22.5. The van der Waals surface area contributed by atoms with Crippen molar-refractivity contribution < 1.29 is 14.5 Å². The monoisotopic (exact) mass is 436 g/mol. The molecule has 1 aromatic heterocycles. The Morgan fingerprint density at radius 2 is 1.81 bits per heavy atom. The van der Waals surface area contributed by atoms with E-state index < -0.39 is 16.5 Å². The van der Waals surface area contributed by atoms with Gasteiger partial charge in [0.15, 0.2) is 0 Å². The normalized spacial score (nSPS) is 10.3. The van der Waals surface area contributed by atoms with Crippen LogP contribution in [0.15, 0.2) is 54.9 Å². The van der Waals surface area contributed by atoms with E-state index in [1.165, 1.54) is 19.0 Å². The number of hydrogen-bond donors (Lipinski definition) is 3. The highest BCUT2D eigenvalue weighted by Gasteiger charge is 2.24. The summed E-state index contributed by atoms with van der Waals surface area (Å²) in [5, 5.41) is 14.7. The summed E-state index contributed by atoms with van der Waals surface area (Å²) in [5.41, 5.74) is 6.63. The molecule has 0 aliphatic rings. The van der Waals surface area contributed by atoms with E-state index in [0.717, 1.165) is 19.3 Å². The second kappa shape index (κ2) is 10.7. The van der Waals surface area contributed by atoms with Gasteiger partial charge in [0.1, 0.15) is 12.1 Å². The minimum atomic E-state index is -0.616. The molecule has 0 unspecified atom stereocenters. The number of aromatic nitrogens is 2. The van der Waals surface area contributed by atoms with Crippen LogP contribution in [-0.4, -0.2) is 27.9 Å². The fourth-order valence-corrected chi connectivity index (χ4v) is 3.02. The molecule has 0 radical (unpaired) electrons. The predicted molar refractivity (Wildman–Crippen MR) is 121 cm³/mol. The Labute approximate surface area is 185 Å². The number of carbonyl (C=O) groups is 1. The molecule has 1 heterocycles. The minimum absolute atomic E-state index is 0.000323. The SMILES string of the molecule is CCCCc1ccc(Nc2ncnc(NNC(=O)c3ccccc3OC)c2[N+](=O)[O-])cc1. The number of aryl methyl sites for hydroxylation is 1. The van der Waals surface area contributed by atoms with Crippen LogP contribution in [0, 0.1) is 10.1 Å². The molecular weight excluding hydrogens is 412 g/mol. The maximum Gasteiger partial charge on any atom is 0.355 e. The zero-order chi connectivity index (χ0) is 22.9. The highest BCUT2D eigenvalue weighted by atomic mass is 16.6. The molecule has 0 aliphatic carbocycles. The quantitative estimate of drug-likeness (QED) is 0.318. The van der Waals surface area contributed by atoms with Gasteiger partial charge in [-0.15, -0.1) is 0 Å². The van der Waals surface area contributed by atoms with Gasteiger partial charge in [0.05, 0.1) is 17.6 Å². The van der Waals surface area contributed by atoms with Crippen molar-refractivity contribution in [1.29, 1.82) is 0 Å². The van der Waals surface area contributed by atoms with Crippen LogP contribution in [0.5, 0.6) is 5.75 Å². The number of unbranched alkanes of at least 4 members (excludes halogenated alkanes) is 1. The summed E-state index contributed by atoms with van der Waals surface area (Å²) in [6.07, 6.45) is 4.35. The molecule has 10 nitrogen and oxygen atoms in total. The van der Waals surface area contributed by atoms with Gasteiger partial charge in [-0.05, 0) is 42.7 Å². The highest BCUT2D eigenvalue weighted by Crippen LogP contribution is 2.31. The Kier molecular flexibility index (Phi) is 7.52. The lowest BCUT2D eigenvalue weighted by molar-refractivity contribution is -0.383. The number of ether oxygens (including phenoxy) is 1. The van der Waals surface area contributed by atoms with E-state index in [0.29, 0.717) is 11.4 Å². The summed E-state index contributed by atoms with van der Waals surface area (Å²) >= 11 is 0. The lowest BCUT2D eigenvalue weighted by Crippen LogP contribution is -2.30. The van der Waals surface area contributed by atoms with Gasteiger partial charge in [-0.25, -0.2) is 9.97 Å². The molecular formula is C22H24N6O4. The third kappa shape index (κ3) is 5.48. The number of nitrogens with one attached hydrogen (secondary N) is 3. The van der Waals surface area contributed by atoms with E-state index in [1.807, 2.05) is 24.3 Å². The Bertz CT molecular complexity index is 1090. The molecule has 10 heteroatoms. The van der Waals surface area contributed by atoms with E-state index in [4.69, 9.17) is 4.74 Å². The van der Waals surface area contributed by atoms with Crippen molar-refractivity contribution >= 4 is 28.9 Å². The van der Waals surface area contributed by atoms with Crippen molar-refractivity contribution in [2.75, 3.05) is 17.9 Å². The molecule has 3 aromatic rings. The van der Waals surface area contributed by atoms with Crippen molar-refractivity contribution in [2.45, 2.75) is 26.2 Å². The summed E-state index contributed by atoms with van der Waals surface area (Å²) < 4.78 is 5.16. The standard InChI is InChI=1S/C22H24N6O4/c1-3-4-7-15-10-12-16(13-11-15)25-20-19(28(30)31)21(24-14-23-20)26-27-22(29)17-8-5-6-9-18(17)32-2/h5-6,8-14H,3-4,7H2,1-2H3,(H,27,29)(H2,23,24,25,26). The van der Waals surface area contributed by atoms with Crippen molar-refractivity contribution in [1.82, 2.24) is 15.4 Å². The number of benzene rings is 2. The molecule has 32 heavy (non-hydrogen) atoms. The van der Waals surface area contributed by atoms with E-state index >= 15 is 0 Å². The molecule has 0 fully saturated rings. The van der Waals surface area contributed by atoms with Crippen LogP contribution in [0.4, 0.5) is 23.0 Å². The maximum atomic E-state index is 12.5. The minimum Gasteiger partial charge on any atom is -0.496 e. The van der Waals surface area contributed by atoms with E-state index in [2.05, 4.69) is 33.1 Å². The van der Waals surface area contributed by atoms with Crippen molar-refractivity contribution in [3.05, 3.63) is 76.1 Å². The summed E-state index contributed by atoms with van der Waals surface area (Å²) in [4.78, 5) is 31.5. The first-order chi connectivity index (χ1) is 15.5. The Balaban J connectivity index is 1.77. The number of methoxy groups -OCH3 is 1. The Hall–Kier alpha value is -4.21. The number of carbonyl (C=O) groups excluding carboxylic acids is 1. The molecule has 0 bridgehead atoms. The molecule has 0 atom stereocenters. The second-order valence-electron chi connectivity index (χ2n) is 6.88. The number of nitro groups is 1. The third-order valence-corrected chi connectivity index (χ3v) is 4.69. The average molecular weight is 436 g/mol. The second-order valence-corrected chi connectivity index (χ2v) is 6.88. The molecule has 0 aliphatic heterocycles. The first-order valence-electron chi connectivity index (χ1n) is 10.1. The zero-order valence-corrected chi connectivity index (χ0v) is 17.8. The van der Waals surface area contributed by atoms with Crippen LogP contribution < -0.4 is 20.9 Å². The largest absolute Gasteiger partial charge is 0.496 e. The number of amides is 1. The molecule has 3 rings (SSSR count). The molecule has 0 saturated heterocycles. The van der Waals surface area contributed by atoms with E-state index in [-0.39, 0.29) is 17.2 Å². The van der Waals surface area contributed by atoms with Gasteiger partial charge >= 0.3 is 5.69 Å². The Morgan fingerprint density at radius 3 is 2.50 bits per heavy atom. The highest BCUT2D eigenvalue weighted by molar-refractivity contribution is 5.97. The fraction of sp³-hybridized carbons (Fsp3) is 0.227. The predicted octanol–water partition coefficient (Wildman–Crippen LogP) is 4.24. The van der Waals surface area contributed by atoms with Crippen LogP contribution in [-0.2, 0) is 6.42 Å². The number of nitrogens with zero attached hydrogens (tertiary/aromatic N) is 3. The third-order valence-electron chi connectivity index (χ3n) is 4.69. The summed E-state index contributed by atoms with van der Waals surface area (Å²) in [6, 6.07) is 14.2. The zero-order valence-electron chi connectivity index (χ0n) is 17.8. The molecule has 166 valence electrons. The first-order valence-corrected chi connectivity index (χ1v) is 10.1. The maximum absolute atomic E-state index is 12.5. The van der Waals surface area contributed by atoms with Crippen LogP contribution >= 0.6 is 0 Å². The number of anilines is 3. The average Bonchev–Trinajstić information content (AvgIpc) is 2.81. The Morgan fingerprint density at radius 1 is 1.09 bits per heavy atom. The summed E-state index contributed by atoms with van der Waals surface area (Å²) in [6.45, 7) is 2.13.